The number of hydrogen-bond donors (Lipinski definition) is 0. The van der Waals surface area contributed by atoms with Crippen LogP contribution in [0.3, 0.4) is 0 Å². The fourth-order valence-electron chi connectivity index (χ4n) is 2.20. The summed E-state index contributed by atoms with van der Waals surface area (Å²) in [6, 6.07) is 4.59. The molecule has 0 unspecified atom stereocenters. The fourth-order valence-corrected chi connectivity index (χ4v) is 2.85. The lowest BCUT2D eigenvalue weighted by molar-refractivity contribution is 0.186. The molecular formula is C16H24N2OS. The van der Waals surface area contributed by atoms with E-state index >= 15 is 0 Å². The second-order valence-corrected chi connectivity index (χ2v) is 6.86. The largest absolute Gasteiger partial charge is 0.440 e. The van der Waals surface area contributed by atoms with Gasteiger partial charge in [-0.1, -0.05) is 19.9 Å². The molecule has 0 aromatic carbocycles. The Balaban J connectivity index is 2.16. The van der Waals surface area contributed by atoms with Gasteiger partial charge in [-0.15, -0.1) is 11.3 Å². The lowest BCUT2D eigenvalue weighted by Gasteiger charge is -2.27. The third-order valence-corrected chi connectivity index (χ3v) is 4.17. The SMILES string of the molecule is Cc1oc(-c2cccs2)nc1CN(CC(C)C)C(C)C. The van der Waals surface area contributed by atoms with E-state index in [2.05, 4.69) is 37.6 Å². The number of hydrogen-bond acceptors (Lipinski definition) is 4. The maximum atomic E-state index is 5.82. The molecule has 0 spiro atoms. The molecule has 0 atom stereocenters. The van der Waals surface area contributed by atoms with Gasteiger partial charge in [0.25, 0.3) is 0 Å². The second kappa shape index (κ2) is 6.55. The lowest BCUT2D eigenvalue weighted by atomic mass is 10.1. The van der Waals surface area contributed by atoms with Crippen LogP contribution in [-0.4, -0.2) is 22.5 Å². The van der Waals surface area contributed by atoms with E-state index in [4.69, 9.17) is 4.42 Å². The molecule has 0 saturated heterocycles. The summed E-state index contributed by atoms with van der Waals surface area (Å²) in [4.78, 5) is 8.23. The van der Waals surface area contributed by atoms with E-state index in [1.54, 1.807) is 11.3 Å². The highest BCUT2D eigenvalue weighted by Gasteiger charge is 2.18. The number of aryl methyl sites for hydroxylation is 1. The van der Waals surface area contributed by atoms with Crippen molar-refractivity contribution >= 4 is 11.3 Å². The molecule has 2 aromatic heterocycles. The molecule has 0 fully saturated rings. The number of thiophene rings is 1. The van der Waals surface area contributed by atoms with Gasteiger partial charge in [0.15, 0.2) is 0 Å². The minimum atomic E-state index is 0.513. The molecule has 0 saturated carbocycles. The van der Waals surface area contributed by atoms with Crippen LogP contribution in [0.1, 0.15) is 39.1 Å². The maximum absolute atomic E-state index is 5.82. The standard InChI is InChI=1S/C16H24N2OS/c1-11(2)9-18(12(3)4)10-14-13(5)19-16(17-14)15-7-6-8-20-15/h6-8,11-12H,9-10H2,1-5H3. The summed E-state index contributed by atoms with van der Waals surface area (Å²) in [5.74, 6) is 2.34. The Bertz CT molecular complexity index is 529. The smallest absolute Gasteiger partial charge is 0.236 e. The Hall–Kier alpha value is -1.13. The summed E-state index contributed by atoms with van der Waals surface area (Å²) in [5, 5.41) is 2.05. The summed E-state index contributed by atoms with van der Waals surface area (Å²) >= 11 is 1.66. The van der Waals surface area contributed by atoms with Crippen LogP contribution in [0.2, 0.25) is 0 Å². The predicted molar refractivity (Wildman–Crippen MR) is 84.9 cm³/mol. The first-order chi connectivity index (χ1) is 9.47. The topological polar surface area (TPSA) is 29.3 Å². The maximum Gasteiger partial charge on any atom is 0.236 e. The molecule has 20 heavy (non-hydrogen) atoms. The van der Waals surface area contributed by atoms with Gasteiger partial charge in [-0.2, -0.15) is 0 Å². The van der Waals surface area contributed by atoms with Crippen LogP contribution in [0.25, 0.3) is 10.8 Å². The first kappa shape index (κ1) is 15.3. The van der Waals surface area contributed by atoms with Gasteiger partial charge in [0.05, 0.1) is 10.6 Å². The summed E-state index contributed by atoms with van der Waals surface area (Å²) < 4.78 is 5.82. The first-order valence-corrected chi connectivity index (χ1v) is 8.09. The summed E-state index contributed by atoms with van der Waals surface area (Å²) in [6.07, 6.45) is 0. The monoisotopic (exact) mass is 292 g/mol. The van der Waals surface area contributed by atoms with E-state index in [-0.39, 0.29) is 0 Å². The molecule has 2 heterocycles. The Morgan fingerprint density at radius 3 is 2.60 bits per heavy atom. The van der Waals surface area contributed by atoms with E-state index < -0.39 is 0 Å². The van der Waals surface area contributed by atoms with Gasteiger partial charge in [0.2, 0.25) is 5.89 Å². The van der Waals surface area contributed by atoms with E-state index in [9.17, 15) is 0 Å². The van der Waals surface area contributed by atoms with Crippen LogP contribution in [0.4, 0.5) is 0 Å². The number of oxazole rings is 1. The summed E-state index contributed by atoms with van der Waals surface area (Å²) in [7, 11) is 0. The van der Waals surface area contributed by atoms with Crippen LogP contribution in [0.5, 0.6) is 0 Å². The van der Waals surface area contributed by atoms with Crippen LogP contribution in [0, 0.1) is 12.8 Å². The molecule has 4 heteroatoms. The third kappa shape index (κ3) is 3.70. The second-order valence-electron chi connectivity index (χ2n) is 5.92. The molecule has 110 valence electrons. The average molecular weight is 292 g/mol. The molecule has 0 N–H and O–H groups in total. The van der Waals surface area contributed by atoms with Gasteiger partial charge in [-0.25, -0.2) is 4.98 Å². The average Bonchev–Trinajstić information content (AvgIpc) is 2.98. The number of nitrogens with zero attached hydrogens (tertiary/aromatic N) is 2. The molecule has 0 amide bonds. The van der Waals surface area contributed by atoms with Crippen LogP contribution in [0.15, 0.2) is 21.9 Å². The minimum absolute atomic E-state index is 0.513. The van der Waals surface area contributed by atoms with Crippen molar-refractivity contribution in [2.45, 2.75) is 47.2 Å². The van der Waals surface area contributed by atoms with Crippen molar-refractivity contribution in [3.63, 3.8) is 0 Å². The normalized spacial score (nSPS) is 12.0. The molecule has 3 nitrogen and oxygen atoms in total. The molecule has 0 radical (unpaired) electrons. The van der Waals surface area contributed by atoms with E-state index in [1.807, 2.05) is 24.4 Å². The van der Waals surface area contributed by atoms with Crippen molar-refractivity contribution in [3.8, 4) is 10.8 Å². The Labute approximate surface area is 125 Å². The van der Waals surface area contributed by atoms with Crippen molar-refractivity contribution in [2.24, 2.45) is 5.92 Å². The summed E-state index contributed by atoms with van der Waals surface area (Å²) in [6.45, 7) is 12.9. The predicted octanol–water partition coefficient (Wildman–Crippen LogP) is 4.58. The van der Waals surface area contributed by atoms with Gasteiger partial charge in [-0.05, 0) is 38.1 Å². The van der Waals surface area contributed by atoms with Crippen molar-refractivity contribution in [2.75, 3.05) is 6.54 Å². The summed E-state index contributed by atoms with van der Waals surface area (Å²) in [5.41, 5.74) is 1.06. The van der Waals surface area contributed by atoms with Crippen molar-refractivity contribution < 1.29 is 4.42 Å². The van der Waals surface area contributed by atoms with Gasteiger partial charge >= 0.3 is 0 Å². The highest BCUT2D eigenvalue weighted by Crippen LogP contribution is 2.26. The highest BCUT2D eigenvalue weighted by molar-refractivity contribution is 7.13. The zero-order chi connectivity index (χ0) is 14.7. The van der Waals surface area contributed by atoms with Crippen LogP contribution < -0.4 is 0 Å². The van der Waals surface area contributed by atoms with Gasteiger partial charge in [-0.3, -0.25) is 4.90 Å². The molecular weight excluding hydrogens is 268 g/mol. The lowest BCUT2D eigenvalue weighted by Crippen LogP contribution is -2.33. The van der Waals surface area contributed by atoms with Gasteiger partial charge in [0.1, 0.15) is 5.76 Å². The minimum Gasteiger partial charge on any atom is -0.440 e. The van der Waals surface area contributed by atoms with E-state index in [1.165, 1.54) is 0 Å². The number of aromatic nitrogens is 1. The zero-order valence-electron chi connectivity index (χ0n) is 13.0. The van der Waals surface area contributed by atoms with Crippen molar-refractivity contribution in [3.05, 3.63) is 29.0 Å². The highest BCUT2D eigenvalue weighted by atomic mass is 32.1. The third-order valence-electron chi connectivity index (χ3n) is 3.31. The molecule has 0 aliphatic heterocycles. The fraction of sp³-hybridized carbons (Fsp3) is 0.562. The van der Waals surface area contributed by atoms with Crippen molar-refractivity contribution in [1.29, 1.82) is 0 Å². The quantitative estimate of drug-likeness (QED) is 0.780. The van der Waals surface area contributed by atoms with E-state index in [0.717, 1.165) is 35.3 Å². The Morgan fingerprint density at radius 1 is 1.30 bits per heavy atom. The van der Waals surface area contributed by atoms with Gasteiger partial charge < -0.3 is 4.42 Å². The molecule has 2 aromatic rings. The Morgan fingerprint density at radius 2 is 2.05 bits per heavy atom. The number of rotatable bonds is 6. The molecule has 2 rings (SSSR count). The van der Waals surface area contributed by atoms with Crippen LogP contribution in [-0.2, 0) is 6.54 Å². The van der Waals surface area contributed by atoms with E-state index in [0.29, 0.717) is 12.0 Å². The molecule has 0 bridgehead atoms. The Kier molecular flexibility index (Phi) is 5.00. The van der Waals surface area contributed by atoms with Crippen LogP contribution >= 0.6 is 11.3 Å². The van der Waals surface area contributed by atoms with Crippen molar-refractivity contribution in [1.82, 2.24) is 9.88 Å². The first-order valence-electron chi connectivity index (χ1n) is 7.21. The molecule has 0 aliphatic carbocycles. The molecule has 0 aliphatic rings. The van der Waals surface area contributed by atoms with Gasteiger partial charge in [0, 0.05) is 19.1 Å². The zero-order valence-corrected chi connectivity index (χ0v) is 13.8.